The van der Waals surface area contributed by atoms with E-state index < -0.39 is 29.6 Å². The lowest BCUT2D eigenvalue weighted by atomic mass is 9.85. The molecule has 4 amide bonds. The first-order chi connectivity index (χ1) is 39.1. The molecule has 0 bridgehead atoms. The number of hydrogen-bond donors (Lipinski definition) is 5. The third kappa shape index (κ3) is 15.1. The molecule has 2 aliphatic rings. The number of carboxylic acid groups (broad SMARTS) is 1. The molecule has 2 aliphatic heterocycles. The first-order valence-corrected chi connectivity index (χ1v) is 30.1. The van der Waals surface area contributed by atoms with E-state index in [9.17, 15) is 34.2 Å². The van der Waals surface area contributed by atoms with E-state index >= 15 is 0 Å². The Labute approximate surface area is 484 Å². The largest absolute Gasteiger partial charge is 0.494 e. The second kappa shape index (κ2) is 26.8. The molecule has 0 saturated carbocycles. The van der Waals surface area contributed by atoms with E-state index in [-0.39, 0.29) is 55.3 Å². The summed E-state index contributed by atoms with van der Waals surface area (Å²) in [5.41, 5.74) is 8.41. The van der Waals surface area contributed by atoms with Gasteiger partial charge in [0.1, 0.15) is 17.8 Å². The molecule has 81 heavy (non-hydrogen) atoms. The van der Waals surface area contributed by atoms with Crippen LogP contribution in [-0.2, 0) is 40.3 Å². The van der Waals surface area contributed by atoms with Crippen molar-refractivity contribution in [1.82, 2.24) is 30.5 Å². The summed E-state index contributed by atoms with van der Waals surface area (Å²) in [6.07, 6.45) is 6.47. The summed E-state index contributed by atoms with van der Waals surface area (Å²) < 4.78 is 7.02. The molecule has 422 valence electrons. The van der Waals surface area contributed by atoms with Crippen LogP contribution >= 0.6 is 34.0 Å². The van der Waals surface area contributed by atoms with E-state index in [1.165, 1.54) is 27.6 Å². The third-order valence-electron chi connectivity index (χ3n) is 14.5. The van der Waals surface area contributed by atoms with Crippen LogP contribution in [0.1, 0.15) is 132 Å². The average molecular weight is 1150 g/mol. The molecule has 1 fully saturated rings. The van der Waals surface area contributed by atoms with Crippen molar-refractivity contribution in [2.45, 2.75) is 130 Å². The number of aromatic carboxylic acids is 1. The second-order valence-corrected chi connectivity index (χ2v) is 24.6. The number of nitrogens with one attached hydrogen (secondary N) is 3. The zero-order chi connectivity index (χ0) is 57.0. The fourth-order valence-corrected chi connectivity index (χ4v) is 12.9. The first-order valence-electron chi connectivity index (χ1n) is 27.6. The van der Waals surface area contributed by atoms with E-state index in [0.717, 1.165) is 80.7 Å². The number of fused-ring (bicyclic) bond motifs is 2. The maximum Gasteiger partial charge on any atom is 0.355 e. The molecule has 19 heteroatoms. The fraction of sp³-hybridized carbons (Fsp3) is 0.387. The molecule has 0 unspecified atom stereocenters. The molecule has 4 aromatic carbocycles. The molecule has 1 saturated heterocycles. The van der Waals surface area contributed by atoms with Crippen molar-refractivity contribution < 1.29 is 38.9 Å². The standard InChI is InChI=1S/C62H68N8O8S3/c1-39-54(79-38-64-39)43-27-23-41(24-28-43)35-63-57(74)49-34-44(71)36-70(49)58(75)55(62(2,3)4)66-52(72)22-11-9-7-5-6-8-10-16-40-25-29-45(30-26-40)78-33-15-21-51-53(59(76)77)67-61(81-51)69-32-31-42-17-14-18-46(47(42)37-69)56(73)68-60-65-48-19-12-13-20-50(48)80-60/h12-14,17-20,23-30,38,44,49,55,71H,5-9,11,15,21-22,31-37H2,1-4H3,(H,63,74)(H,66,72)(H,76,77)(H,65,68,73)/t44-,49+,55-/m1/s1. The number of rotatable bonds is 22. The van der Waals surface area contributed by atoms with Crippen LogP contribution in [0.25, 0.3) is 20.7 Å². The van der Waals surface area contributed by atoms with Gasteiger partial charge in [0.05, 0.1) is 39.0 Å². The molecule has 7 aromatic rings. The molecular weight excluding hydrogens is 1080 g/mol. The summed E-state index contributed by atoms with van der Waals surface area (Å²) in [6, 6.07) is 27.3. The molecule has 16 nitrogen and oxygen atoms in total. The van der Waals surface area contributed by atoms with Crippen LogP contribution in [0.3, 0.4) is 0 Å². The predicted molar refractivity (Wildman–Crippen MR) is 319 cm³/mol. The Morgan fingerprint density at radius 2 is 1.67 bits per heavy atom. The number of unbranched alkanes of at least 4 members (excludes halogenated alkanes) is 5. The van der Waals surface area contributed by atoms with Crippen LogP contribution in [0, 0.1) is 24.2 Å². The molecule has 0 spiro atoms. The summed E-state index contributed by atoms with van der Waals surface area (Å²) in [6.45, 7) is 9.39. The number of para-hydroxylation sites is 1. The number of benzene rings is 4. The molecule has 3 atom stereocenters. The monoisotopic (exact) mass is 1150 g/mol. The quantitative estimate of drug-likeness (QED) is 0.0317. The van der Waals surface area contributed by atoms with E-state index in [2.05, 4.69) is 47.6 Å². The molecule has 0 radical (unpaired) electrons. The van der Waals surface area contributed by atoms with Gasteiger partial charge in [-0.15, -0.1) is 22.7 Å². The summed E-state index contributed by atoms with van der Waals surface area (Å²) in [7, 11) is 0. The smallest absolute Gasteiger partial charge is 0.355 e. The van der Waals surface area contributed by atoms with Crippen molar-refractivity contribution in [2.75, 3.05) is 29.9 Å². The van der Waals surface area contributed by atoms with E-state index in [1.807, 2.05) is 124 Å². The summed E-state index contributed by atoms with van der Waals surface area (Å²) in [5, 5.41) is 30.8. The molecule has 5 heterocycles. The number of amides is 4. The van der Waals surface area contributed by atoms with Gasteiger partial charge in [-0.2, -0.15) is 0 Å². The average Bonchev–Trinajstić information content (AvgIpc) is 4.38. The number of aliphatic hydroxyl groups excluding tert-OH is 1. The van der Waals surface area contributed by atoms with Crippen molar-refractivity contribution in [3.05, 3.63) is 141 Å². The van der Waals surface area contributed by atoms with Crippen molar-refractivity contribution in [1.29, 1.82) is 0 Å². The number of anilines is 2. The van der Waals surface area contributed by atoms with Gasteiger partial charge in [-0.05, 0) is 109 Å². The number of likely N-dealkylation sites (tertiary alicyclic amines) is 1. The normalized spacial score (nSPS) is 15.4. The zero-order valence-electron chi connectivity index (χ0n) is 46.1. The van der Waals surface area contributed by atoms with Crippen LogP contribution in [0.15, 0.2) is 96.5 Å². The summed E-state index contributed by atoms with van der Waals surface area (Å²) in [4.78, 5) is 85.4. The molecule has 5 N–H and O–H groups in total. The Bertz CT molecular complexity index is 3400. The number of carboxylic acids is 1. The third-order valence-corrected chi connectivity index (χ3v) is 17.6. The number of β-amino-alcohol motifs (C(OH)–C–C–N with tert-alkyl or cyclic N) is 1. The number of thiazole rings is 3. The van der Waals surface area contributed by atoms with Gasteiger partial charge in [0.15, 0.2) is 16.0 Å². The number of aromatic nitrogens is 3. The lowest BCUT2D eigenvalue weighted by Crippen LogP contribution is -2.57. The minimum atomic E-state index is -1.07. The Morgan fingerprint density at radius 3 is 2.42 bits per heavy atom. The lowest BCUT2D eigenvalue weighted by molar-refractivity contribution is -0.144. The van der Waals surface area contributed by atoms with Gasteiger partial charge in [-0.25, -0.2) is 19.7 Å². The maximum atomic E-state index is 14.1. The highest BCUT2D eigenvalue weighted by molar-refractivity contribution is 7.22. The highest BCUT2D eigenvalue weighted by atomic mass is 32.1. The number of carbonyl (C=O) groups excluding carboxylic acids is 4. The Hall–Kier alpha value is -7.50. The minimum Gasteiger partial charge on any atom is -0.494 e. The van der Waals surface area contributed by atoms with Crippen LogP contribution < -0.4 is 25.6 Å². The highest BCUT2D eigenvalue weighted by Gasteiger charge is 2.44. The second-order valence-electron chi connectivity index (χ2n) is 21.6. The number of aliphatic hydroxyl groups is 1. The number of aryl methyl sites for hydroxylation is 2. The number of hydrogen-bond acceptors (Lipinski definition) is 14. The Kier molecular flexibility index (Phi) is 19.3. The maximum absolute atomic E-state index is 14.1. The Morgan fingerprint density at radius 1 is 0.889 bits per heavy atom. The zero-order valence-corrected chi connectivity index (χ0v) is 48.5. The highest BCUT2D eigenvalue weighted by Crippen LogP contribution is 2.34. The topological polar surface area (TPSA) is 216 Å². The predicted octanol–water partition coefficient (Wildman–Crippen LogP) is 10.6. The van der Waals surface area contributed by atoms with Crippen LogP contribution in [0.2, 0.25) is 0 Å². The molecule has 0 aliphatic carbocycles. The SMILES string of the molecule is Cc1ncsc1-c1ccc(CNC(=O)[C@@H]2C[C@@H](O)CN2C(=O)[C@@H](NC(=O)CCCCCCCC#Cc2ccc(OCCCc3sc(N4CCc5cccc(C(=O)Nc6nc7ccccc7s6)c5C4)nc3C(=O)O)cc2)C(C)(C)C)cc1. The molecule has 9 rings (SSSR count). The first kappa shape index (κ1) is 58.2. The van der Waals surface area contributed by atoms with Gasteiger partial charge in [0.25, 0.3) is 5.91 Å². The number of ether oxygens (including phenoxy) is 1. The van der Waals surface area contributed by atoms with Gasteiger partial charge < -0.3 is 35.4 Å². The molecular formula is C62H68N8O8S3. The Balaban J connectivity index is 0.657. The summed E-state index contributed by atoms with van der Waals surface area (Å²) >= 11 is 4.38. The number of nitrogens with zero attached hydrogens (tertiary/aromatic N) is 5. The van der Waals surface area contributed by atoms with Crippen molar-refractivity contribution in [2.24, 2.45) is 5.41 Å². The van der Waals surface area contributed by atoms with Gasteiger partial charge in [0, 0.05) is 61.4 Å². The summed E-state index contributed by atoms with van der Waals surface area (Å²) in [5.74, 6) is 4.95. The van der Waals surface area contributed by atoms with Gasteiger partial charge in [-0.3, -0.25) is 24.5 Å². The van der Waals surface area contributed by atoms with Gasteiger partial charge in [-0.1, -0.05) is 112 Å². The van der Waals surface area contributed by atoms with Gasteiger partial charge >= 0.3 is 5.97 Å². The van der Waals surface area contributed by atoms with Crippen LogP contribution in [0.4, 0.5) is 10.3 Å². The van der Waals surface area contributed by atoms with Gasteiger partial charge in [0.2, 0.25) is 17.7 Å². The van der Waals surface area contributed by atoms with E-state index in [0.29, 0.717) is 71.8 Å². The van der Waals surface area contributed by atoms with Crippen molar-refractivity contribution in [3.8, 4) is 28.0 Å². The molecule has 3 aromatic heterocycles. The number of carbonyl (C=O) groups is 5. The van der Waals surface area contributed by atoms with Crippen LogP contribution in [-0.4, -0.2) is 97.5 Å². The van der Waals surface area contributed by atoms with E-state index in [1.54, 1.807) is 11.3 Å². The fourth-order valence-electron chi connectivity index (χ4n) is 10.1. The van der Waals surface area contributed by atoms with E-state index in [4.69, 9.17) is 4.74 Å². The van der Waals surface area contributed by atoms with Crippen LogP contribution in [0.5, 0.6) is 5.75 Å². The minimum absolute atomic E-state index is 0.0192. The lowest BCUT2D eigenvalue weighted by Gasteiger charge is -2.35. The van der Waals surface area contributed by atoms with Crippen molar-refractivity contribution >= 4 is 84.1 Å². The van der Waals surface area contributed by atoms with Crippen molar-refractivity contribution in [3.63, 3.8) is 0 Å².